The Morgan fingerprint density at radius 1 is 1.39 bits per heavy atom. The third-order valence-corrected chi connectivity index (χ3v) is 3.33. The van der Waals surface area contributed by atoms with Crippen molar-refractivity contribution in [1.82, 2.24) is 0 Å². The third-order valence-electron chi connectivity index (χ3n) is 3.33. The van der Waals surface area contributed by atoms with Crippen molar-refractivity contribution in [3.63, 3.8) is 0 Å². The molecule has 1 saturated carbocycles. The summed E-state index contributed by atoms with van der Waals surface area (Å²) < 4.78 is 10.7. The van der Waals surface area contributed by atoms with Crippen LogP contribution >= 0.6 is 0 Å². The van der Waals surface area contributed by atoms with Gasteiger partial charge in [0.15, 0.2) is 0 Å². The smallest absolute Gasteiger partial charge is 0.124 e. The van der Waals surface area contributed by atoms with E-state index >= 15 is 0 Å². The largest absolute Gasteiger partial charge is 0.494 e. The molecule has 0 aliphatic heterocycles. The molecule has 4 heteroatoms. The number of methoxy groups -OCH3 is 1. The van der Waals surface area contributed by atoms with E-state index in [0.29, 0.717) is 18.8 Å². The molecule has 0 aromatic heterocycles. The Hall–Kier alpha value is -1.26. The number of hydrogen-bond donors (Lipinski definition) is 2. The van der Waals surface area contributed by atoms with E-state index in [1.54, 1.807) is 7.11 Å². The van der Waals surface area contributed by atoms with Gasteiger partial charge in [0.2, 0.25) is 0 Å². The van der Waals surface area contributed by atoms with Crippen molar-refractivity contribution in [3.8, 4) is 5.75 Å². The number of aliphatic hydroxyl groups is 1. The summed E-state index contributed by atoms with van der Waals surface area (Å²) in [5.41, 5.74) is 1.85. The zero-order valence-electron chi connectivity index (χ0n) is 11.0. The molecule has 0 bridgehead atoms. The summed E-state index contributed by atoms with van der Waals surface area (Å²) in [7, 11) is 1.75. The van der Waals surface area contributed by atoms with E-state index in [1.807, 2.05) is 25.1 Å². The van der Waals surface area contributed by atoms with E-state index in [4.69, 9.17) is 9.47 Å². The first-order chi connectivity index (χ1) is 8.76. The van der Waals surface area contributed by atoms with Gasteiger partial charge in [-0.05, 0) is 38.0 Å². The van der Waals surface area contributed by atoms with Crippen LogP contribution < -0.4 is 10.1 Å². The molecule has 100 valence electrons. The molecule has 0 atom stereocenters. The van der Waals surface area contributed by atoms with Crippen LogP contribution in [0.4, 0.5) is 5.69 Å². The predicted molar refractivity (Wildman–Crippen MR) is 71.0 cm³/mol. The first-order valence-corrected chi connectivity index (χ1v) is 6.42. The van der Waals surface area contributed by atoms with Crippen LogP contribution in [-0.4, -0.2) is 31.0 Å². The zero-order chi connectivity index (χ0) is 13.0. The molecule has 0 amide bonds. The highest BCUT2D eigenvalue weighted by molar-refractivity contribution is 5.52. The maximum Gasteiger partial charge on any atom is 0.124 e. The fourth-order valence-electron chi connectivity index (χ4n) is 2.20. The molecule has 18 heavy (non-hydrogen) atoms. The average molecular weight is 251 g/mol. The van der Waals surface area contributed by atoms with Crippen LogP contribution in [0.2, 0.25) is 0 Å². The van der Waals surface area contributed by atoms with Gasteiger partial charge >= 0.3 is 0 Å². The topological polar surface area (TPSA) is 50.7 Å². The molecule has 1 aromatic carbocycles. The fourth-order valence-corrected chi connectivity index (χ4v) is 2.20. The lowest BCUT2D eigenvalue weighted by Gasteiger charge is -2.35. The van der Waals surface area contributed by atoms with Crippen LogP contribution in [0.5, 0.6) is 5.75 Å². The normalized spacial score (nSPS) is 22.4. The van der Waals surface area contributed by atoms with Gasteiger partial charge < -0.3 is 19.9 Å². The summed E-state index contributed by atoms with van der Waals surface area (Å²) in [5.74, 6) is 0.758. The van der Waals surface area contributed by atoms with Crippen molar-refractivity contribution in [2.75, 3.05) is 19.0 Å². The molecule has 0 spiro atoms. The molecule has 0 saturated heterocycles. The van der Waals surface area contributed by atoms with E-state index in [0.717, 1.165) is 29.8 Å². The van der Waals surface area contributed by atoms with Crippen LogP contribution in [0, 0.1) is 0 Å². The van der Waals surface area contributed by atoms with Crippen molar-refractivity contribution in [1.29, 1.82) is 0 Å². The molecular formula is C14H21NO3. The van der Waals surface area contributed by atoms with Crippen LogP contribution in [0.25, 0.3) is 0 Å². The van der Waals surface area contributed by atoms with Gasteiger partial charge in [0.1, 0.15) is 5.75 Å². The van der Waals surface area contributed by atoms with Crippen LogP contribution in [0.15, 0.2) is 18.2 Å². The van der Waals surface area contributed by atoms with Gasteiger partial charge in [-0.1, -0.05) is 0 Å². The first kappa shape index (κ1) is 13.2. The first-order valence-electron chi connectivity index (χ1n) is 6.42. The van der Waals surface area contributed by atoms with Crippen molar-refractivity contribution in [3.05, 3.63) is 23.8 Å². The summed E-state index contributed by atoms with van der Waals surface area (Å²) >= 11 is 0. The molecule has 1 aliphatic carbocycles. The molecular weight excluding hydrogens is 230 g/mol. The molecule has 1 fully saturated rings. The third kappa shape index (κ3) is 2.94. The van der Waals surface area contributed by atoms with Gasteiger partial charge in [-0.2, -0.15) is 0 Å². The minimum absolute atomic E-state index is 0.00375. The van der Waals surface area contributed by atoms with E-state index in [9.17, 15) is 5.11 Å². The molecule has 2 rings (SSSR count). The quantitative estimate of drug-likeness (QED) is 0.813. The molecule has 1 aromatic rings. The number of benzene rings is 1. The van der Waals surface area contributed by atoms with Gasteiger partial charge in [0.05, 0.1) is 19.3 Å². The molecule has 0 radical (unpaired) electrons. The summed E-state index contributed by atoms with van der Waals surface area (Å²) in [6.45, 7) is 2.54. The maximum absolute atomic E-state index is 9.33. The molecule has 4 nitrogen and oxygen atoms in total. The number of ether oxygens (including phenoxy) is 2. The Morgan fingerprint density at radius 2 is 2.17 bits per heavy atom. The Balaban J connectivity index is 1.97. The second kappa shape index (κ2) is 6.07. The lowest BCUT2D eigenvalue weighted by atomic mass is 9.89. The summed E-state index contributed by atoms with van der Waals surface area (Å²) in [6.07, 6.45) is 2.47. The number of aliphatic hydroxyl groups excluding tert-OH is 1. The highest BCUT2D eigenvalue weighted by atomic mass is 16.5. The van der Waals surface area contributed by atoms with E-state index in [-0.39, 0.29) is 6.61 Å². The van der Waals surface area contributed by atoms with Gasteiger partial charge in [0.25, 0.3) is 0 Å². The van der Waals surface area contributed by atoms with Crippen LogP contribution in [0.3, 0.4) is 0 Å². The molecule has 0 heterocycles. The lowest BCUT2D eigenvalue weighted by Crippen LogP contribution is -2.40. The van der Waals surface area contributed by atoms with Crippen molar-refractivity contribution in [2.24, 2.45) is 0 Å². The Morgan fingerprint density at radius 3 is 2.78 bits per heavy atom. The Bertz CT molecular complexity index is 389. The molecule has 0 unspecified atom stereocenters. The number of rotatable bonds is 6. The zero-order valence-corrected chi connectivity index (χ0v) is 11.0. The Kier molecular flexibility index (Phi) is 4.44. The SMILES string of the molecule is CCOc1ccc(NC2CC(OC)C2)cc1CO. The standard InChI is InChI=1S/C14H21NO3/c1-3-18-14-5-4-11(6-10(14)9-16)15-12-7-13(8-12)17-2/h4-6,12-13,15-16H,3,7-9H2,1-2H3. The predicted octanol–water partition coefficient (Wildman–Crippen LogP) is 2.17. The number of nitrogens with one attached hydrogen (secondary N) is 1. The minimum Gasteiger partial charge on any atom is -0.494 e. The monoisotopic (exact) mass is 251 g/mol. The summed E-state index contributed by atoms with van der Waals surface area (Å²) in [5, 5.41) is 12.8. The second-order valence-corrected chi connectivity index (χ2v) is 4.58. The van der Waals surface area contributed by atoms with Gasteiger partial charge in [0, 0.05) is 24.4 Å². The fraction of sp³-hybridized carbons (Fsp3) is 0.571. The highest BCUT2D eigenvalue weighted by Crippen LogP contribution is 2.28. The summed E-state index contributed by atoms with van der Waals surface area (Å²) in [6, 6.07) is 6.32. The van der Waals surface area contributed by atoms with Gasteiger partial charge in [-0.25, -0.2) is 0 Å². The Labute approximate surface area is 108 Å². The van der Waals surface area contributed by atoms with E-state index in [2.05, 4.69) is 5.32 Å². The molecule has 2 N–H and O–H groups in total. The minimum atomic E-state index is -0.00375. The number of hydrogen-bond acceptors (Lipinski definition) is 4. The lowest BCUT2D eigenvalue weighted by molar-refractivity contribution is 0.0328. The maximum atomic E-state index is 9.33. The van der Waals surface area contributed by atoms with Crippen LogP contribution in [0.1, 0.15) is 25.3 Å². The van der Waals surface area contributed by atoms with Crippen molar-refractivity contribution in [2.45, 2.75) is 38.5 Å². The van der Waals surface area contributed by atoms with E-state index < -0.39 is 0 Å². The van der Waals surface area contributed by atoms with Crippen LogP contribution in [-0.2, 0) is 11.3 Å². The molecule has 1 aliphatic rings. The van der Waals surface area contributed by atoms with Crippen molar-refractivity contribution < 1.29 is 14.6 Å². The average Bonchev–Trinajstić information content (AvgIpc) is 2.35. The second-order valence-electron chi connectivity index (χ2n) is 4.58. The van der Waals surface area contributed by atoms with Crippen molar-refractivity contribution >= 4 is 5.69 Å². The van der Waals surface area contributed by atoms with E-state index in [1.165, 1.54) is 0 Å². The number of anilines is 1. The summed E-state index contributed by atoms with van der Waals surface area (Å²) in [4.78, 5) is 0. The highest BCUT2D eigenvalue weighted by Gasteiger charge is 2.28. The van der Waals surface area contributed by atoms with Gasteiger partial charge in [-0.15, -0.1) is 0 Å². The van der Waals surface area contributed by atoms with Gasteiger partial charge in [-0.3, -0.25) is 0 Å².